The minimum atomic E-state index is -3.54. The fourth-order valence-electron chi connectivity index (χ4n) is 5.24. The molecule has 0 unspecified atom stereocenters. The van der Waals surface area contributed by atoms with E-state index in [-0.39, 0.29) is 11.6 Å². The number of sulfonamides is 1. The van der Waals surface area contributed by atoms with Crippen LogP contribution in [0.15, 0.2) is 12.3 Å². The second-order valence-corrected chi connectivity index (χ2v) is 13.4. The molecule has 0 radical (unpaired) electrons. The van der Waals surface area contributed by atoms with E-state index in [1.807, 2.05) is 0 Å². The van der Waals surface area contributed by atoms with Gasteiger partial charge in [0.05, 0.1) is 42.5 Å². The lowest BCUT2D eigenvalue weighted by molar-refractivity contribution is 0.122. The van der Waals surface area contributed by atoms with Gasteiger partial charge in [0.25, 0.3) is 0 Å². The monoisotopic (exact) mass is 575 g/mol. The van der Waals surface area contributed by atoms with Crippen LogP contribution in [0.5, 0.6) is 5.88 Å². The molecule has 212 valence electrons. The number of nitrogens with zero attached hydrogens (tertiary/aromatic N) is 6. The van der Waals surface area contributed by atoms with Gasteiger partial charge in [-0.25, -0.2) is 23.4 Å². The van der Waals surface area contributed by atoms with Gasteiger partial charge in [-0.2, -0.15) is 0 Å². The van der Waals surface area contributed by atoms with Crippen molar-refractivity contribution in [3.8, 4) is 17.1 Å². The Hall–Kier alpha value is -2.58. The number of fused-ring (bicyclic) bond motifs is 1. The number of anilines is 2. The van der Waals surface area contributed by atoms with Crippen LogP contribution in [0.1, 0.15) is 23.3 Å². The van der Waals surface area contributed by atoms with E-state index in [9.17, 15) is 8.42 Å². The van der Waals surface area contributed by atoms with E-state index in [1.165, 1.54) is 17.6 Å². The third-order valence-corrected chi connectivity index (χ3v) is 9.13. The molecule has 5 heterocycles. The van der Waals surface area contributed by atoms with E-state index in [1.54, 1.807) is 23.6 Å². The van der Waals surface area contributed by atoms with Gasteiger partial charge in [0, 0.05) is 47.9 Å². The quantitative estimate of drug-likeness (QED) is 0.430. The summed E-state index contributed by atoms with van der Waals surface area (Å²) in [6, 6.07) is 2.36. The molecule has 0 bridgehead atoms. The summed E-state index contributed by atoms with van der Waals surface area (Å²) >= 11 is 1.68. The summed E-state index contributed by atoms with van der Waals surface area (Å²) in [6.45, 7) is 7.77. The number of aromatic nitrogens is 3. The molecule has 13 heteroatoms. The average Bonchev–Trinajstić information content (AvgIpc) is 3.22. The Morgan fingerprint density at radius 2 is 1.90 bits per heavy atom. The third kappa shape index (κ3) is 6.27. The van der Waals surface area contributed by atoms with E-state index >= 15 is 0 Å². The maximum Gasteiger partial charge on any atom is 0.238 e. The maximum atomic E-state index is 12.0. The van der Waals surface area contributed by atoms with E-state index < -0.39 is 10.0 Å². The van der Waals surface area contributed by atoms with E-state index in [2.05, 4.69) is 45.4 Å². The van der Waals surface area contributed by atoms with Crippen LogP contribution < -0.4 is 14.4 Å². The lowest BCUT2D eigenvalue weighted by Crippen LogP contribution is -2.41. The standard InChI is InChI=1S/C26H37N7O4S2/c1-17-20(16-32-8-6-19(7-9-32)31(2)3)23-24(38-17)22(28-26(29-23)33-10-12-37-13-11-33)18-14-21(30-39(5,34)35)25(36-4)27-15-18/h14-15,19,30H,6-13,16H2,1-5H3. The summed E-state index contributed by atoms with van der Waals surface area (Å²) in [5.74, 6) is 0.853. The second kappa shape index (κ2) is 11.5. The molecular weight excluding hydrogens is 538 g/mol. The minimum absolute atomic E-state index is 0.201. The highest BCUT2D eigenvalue weighted by molar-refractivity contribution is 7.92. The lowest BCUT2D eigenvalue weighted by Gasteiger charge is -2.35. The summed E-state index contributed by atoms with van der Waals surface area (Å²) in [4.78, 5) is 22.7. The number of nitrogens with one attached hydrogen (secondary N) is 1. The smallest absolute Gasteiger partial charge is 0.238 e. The van der Waals surface area contributed by atoms with Gasteiger partial charge in [0.1, 0.15) is 5.69 Å². The Morgan fingerprint density at radius 3 is 2.54 bits per heavy atom. The Kier molecular flexibility index (Phi) is 8.24. The van der Waals surface area contributed by atoms with Gasteiger partial charge in [-0.3, -0.25) is 9.62 Å². The molecule has 0 spiro atoms. The number of aryl methyl sites for hydroxylation is 1. The van der Waals surface area contributed by atoms with Gasteiger partial charge < -0.3 is 19.3 Å². The maximum absolute atomic E-state index is 12.0. The lowest BCUT2D eigenvalue weighted by atomic mass is 10.0. The van der Waals surface area contributed by atoms with Gasteiger partial charge in [0.2, 0.25) is 21.9 Å². The number of methoxy groups -OCH3 is 1. The number of piperidine rings is 1. The van der Waals surface area contributed by atoms with Crippen molar-refractivity contribution in [3.63, 3.8) is 0 Å². The SMILES string of the molecule is COc1ncc(-c2nc(N3CCOCC3)nc3c(CN4CCC(N(C)C)CC4)c(C)sc23)cc1NS(C)(=O)=O. The molecule has 1 N–H and O–H groups in total. The first-order valence-electron chi connectivity index (χ1n) is 13.2. The fourth-order valence-corrected chi connectivity index (χ4v) is 6.90. The summed E-state index contributed by atoms with van der Waals surface area (Å²) in [6.07, 6.45) is 5.09. The summed E-state index contributed by atoms with van der Waals surface area (Å²) < 4.78 is 38.5. The number of morpholine rings is 1. The van der Waals surface area contributed by atoms with E-state index in [0.717, 1.165) is 54.6 Å². The molecule has 11 nitrogen and oxygen atoms in total. The van der Waals surface area contributed by atoms with Crippen molar-refractivity contribution in [1.82, 2.24) is 24.8 Å². The predicted molar refractivity (Wildman–Crippen MR) is 155 cm³/mol. The van der Waals surface area contributed by atoms with Crippen LogP contribution in [0.3, 0.4) is 0 Å². The van der Waals surface area contributed by atoms with Crippen molar-refractivity contribution < 1.29 is 17.9 Å². The third-order valence-electron chi connectivity index (χ3n) is 7.40. The molecule has 2 aliphatic rings. The van der Waals surface area contributed by atoms with Gasteiger partial charge in [-0.15, -0.1) is 11.3 Å². The molecule has 2 fully saturated rings. The van der Waals surface area contributed by atoms with Crippen LogP contribution in [-0.4, -0.2) is 106 Å². The summed E-state index contributed by atoms with van der Waals surface area (Å²) in [7, 11) is 2.25. The zero-order valence-electron chi connectivity index (χ0n) is 23.2. The van der Waals surface area contributed by atoms with E-state index in [4.69, 9.17) is 19.4 Å². The van der Waals surface area contributed by atoms with Crippen LogP contribution in [0.2, 0.25) is 0 Å². The predicted octanol–water partition coefficient (Wildman–Crippen LogP) is 2.80. The molecule has 2 aliphatic heterocycles. The van der Waals surface area contributed by atoms with Crippen molar-refractivity contribution in [1.29, 1.82) is 0 Å². The molecule has 0 atom stereocenters. The Morgan fingerprint density at radius 1 is 1.18 bits per heavy atom. The van der Waals surface area contributed by atoms with Crippen molar-refractivity contribution >= 4 is 43.2 Å². The molecule has 0 aromatic carbocycles. The first-order valence-corrected chi connectivity index (χ1v) is 15.9. The number of ether oxygens (including phenoxy) is 2. The average molecular weight is 576 g/mol. The largest absolute Gasteiger partial charge is 0.480 e. The first kappa shape index (κ1) is 28.0. The Balaban J connectivity index is 1.59. The Bertz CT molecular complexity index is 1430. The van der Waals surface area contributed by atoms with Crippen LogP contribution in [0, 0.1) is 6.92 Å². The number of hydrogen-bond acceptors (Lipinski definition) is 11. The number of hydrogen-bond donors (Lipinski definition) is 1. The van der Waals surface area contributed by atoms with Gasteiger partial charge >= 0.3 is 0 Å². The van der Waals surface area contributed by atoms with Crippen LogP contribution in [-0.2, 0) is 21.3 Å². The van der Waals surface area contributed by atoms with Crippen molar-refractivity contribution in [2.75, 3.05) is 76.5 Å². The molecule has 39 heavy (non-hydrogen) atoms. The van der Waals surface area contributed by atoms with Gasteiger partial charge in [0.15, 0.2) is 0 Å². The topological polar surface area (TPSA) is 113 Å². The minimum Gasteiger partial charge on any atom is -0.480 e. The zero-order chi connectivity index (χ0) is 27.7. The van der Waals surface area contributed by atoms with Crippen molar-refractivity contribution in [3.05, 3.63) is 22.7 Å². The highest BCUT2D eigenvalue weighted by atomic mass is 32.2. The summed E-state index contributed by atoms with van der Waals surface area (Å²) in [5.41, 5.74) is 3.89. The van der Waals surface area contributed by atoms with Gasteiger partial charge in [-0.05, 0) is 53.0 Å². The molecule has 3 aromatic rings. The highest BCUT2D eigenvalue weighted by Crippen LogP contribution is 2.39. The van der Waals surface area contributed by atoms with Crippen LogP contribution >= 0.6 is 11.3 Å². The van der Waals surface area contributed by atoms with Crippen molar-refractivity contribution in [2.24, 2.45) is 0 Å². The number of likely N-dealkylation sites (tertiary alicyclic amines) is 1. The zero-order valence-corrected chi connectivity index (χ0v) is 24.9. The van der Waals surface area contributed by atoms with Crippen molar-refractivity contribution in [2.45, 2.75) is 32.4 Å². The highest BCUT2D eigenvalue weighted by Gasteiger charge is 2.26. The molecule has 3 aromatic heterocycles. The summed E-state index contributed by atoms with van der Waals surface area (Å²) in [5, 5.41) is 0. The molecular formula is C26H37N7O4S2. The number of rotatable bonds is 8. The fraction of sp³-hybridized carbons (Fsp3) is 0.577. The molecule has 0 saturated carbocycles. The first-order chi connectivity index (χ1) is 18.6. The van der Waals surface area contributed by atoms with E-state index in [0.29, 0.717) is 43.9 Å². The normalized spacial score (nSPS) is 17.7. The molecule has 5 rings (SSSR count). The number of thiophene rings is 1. The van der Waals surface area contributed by atoms with Gasteiger partial charge in [-0.1, -0.05) is 0 Å². The second-order valence-electron chi connectivity index (χ2n) is 10.4. The molecule has 2 saturated heterocycles. The molecule has 0 amide bonds. The number of pyridine rings is 1. The Labute approximate surface area is 234 Å². The van der Waals surface area contributed by atoms with Crippen LogP contribution in [0.25, 0.3) is 21.5 Å². The van der Waals surface area contributed by atoms with Crippen LogP contribution in [0.4, 0.5) is 11.6 Å². The molecule has 0 aliphatic carbocycles.